The normalized spacial score (nSPS) is 10.8. The Kier molecular flexibility index (Phi) is 3.74. The summed E-state index contributed by atoms with van der Waals surface area (Å²) in [5.74, 6) is -0.409. The zero-order valence-corrected chi connectivity index (χ0v) is 11.7. The molecule has 3 rings (SSSR count). The monoisotopic (exact) mass is 299 g/mol. The number of halogens is 1. The fraction of sp³-hybridized carbons (Fsp3) is 0.125. The summed E-state index contributed by atoms with van der Waals surface area (Å²) < 4.78 is 14.5. The lowest BCUT2D eigenvalue weighted by Crippen LogP contribution is -2.24. The number of hydrogen-bond acceptors (Lipinski definition) is 3. The number of nitrogens with one attached hydrogen (secondary N) is 1. The van der Waals surface area contributed by atoms with Crippen LogP contribution >= 0.6 is 0 Å². The van der Waals surface area contributed by atoms with E-state index in [1.807, 2.05) is 0 Å². The number of benzene rings is 1. The van der Waals surface area contributed by atoms with Crippen molar-refractivity contribution in [2.75, 3.05) is 0 Å². The first-order valence-electron chi connectivity index (χ1n) is 6.78. The minimum Gasteiger partial charge on any atom is -0.504 e. The smallest absolute Gasteiger partial charge is 0.224 e. The Bertz CT molecular complexity index is 812. The lowest BCUT2D eigenvalue weighted by molar-refractivity contribution is -0.120. The van der Waals surface area contributed by atoms with Crippen LogP contribution in [0.1, 0.15) is 11.3 Å². The highest BCUT2D eigenvalue weighted by molar-refractivity contribution is 5.78. The Hall–Kier alpha value is -2.89. The molecule has 5 nitrogen and oxygen atoms in total. The number of rotatable bonds is 4. The number of nitrogens with zero attached hydrogens (tertiary/aromatic N) is 2. The van der Waals surface area contributed by atoms with Gasteiger partial charge in [-0.1, -0.05) is 12.1 Å². The SMILES string of the molecule is O=C(Cc1ccc(F)cc1)NCc1cn2cccc(O)c2n1. The summed E-state index contributed by atoms with van der Waals surface area (Å²) in [6.45, 7) is 0.265. The van der Waals surface area contributed by atoms with Crippen molar-refractivity contribution in [3.8, 4) is 5.75 Å². The molecule has 0 saturated carbocycles. The molecule has 112 valence electrons. The third-order valence-electron chi connectivity index (χ3n) is 3.26. The van der Waals surface area contributed by atoms with Crippen molar-refractivity contribution in [3.05, 3.63) is 65.9 Å². The molecule has 1 amide bonds. The van der Waals surface area contributed by atoms with Gasteiger partial charge in [0.05, 0.1) is 18.7 Å². The molecule has 0 aliphatic carbocycles. The quantitative estimate of drug-likeness (QED) is 0.774. The molecule has 0 bridgehead atoms. The van der Waals surface area contributed by atoms with Gasteiger partial charge in [-0.25, -0.2) is 9.37 Å². The van der Waals surface area contributed by atoms with Crippen LogP contribution in [0, 0.1) is 5.82 Å². The first-order valence-corrected chi connectivity index (χ1v) is 6.78. The zero-order valence-electron chi connectivity index (χ0n) is 11.7. The van der Waals surface area contributed by atoms with Gasteiger partial charge in [0.15, 0.2) is 11.4 Å². The molecule has 0 aliphatic rings. The number of fused-ring (bicyclic) bond motifs is 1. The molecule has 0 unspecified atom stereocenters. The third kappa shape index (κ3) is 3.06. The van der Waals surface area contributed by atoms with Gasteiger partial charge in [0, 0.05) is 12.4 Å². The third-order valence-corrected chi connectivity index (χ3v) is 3.26. The van der Waals surface area contributed by atoms with E-state index in [1.54, 1.807) is 41.1 Å². The lowest BCUT2D eigenvalue weighted by Gasteiger charge is -2.03. The van der Waals surface area contributed by atoms with Crippen molar-refractivity contribution < 1.29 is 14.3 Å². The predicted molar refractivity (Wildman–Crippen MR) is 78.8 cm³/mol. The largest absolute Gasteiger partial charge is 0.504 e. The molecular formula is C16H14FN3O2. The van der Waals surface area contributed by atoms with Crippen molar-refractivity contribution in [1.29, 1.82) is 0 Å². The average Bonchev–Trinajstić information content (AvgIpc) is 2.92. The minimum absolute atomic E-state index is 0.0892. The van der Waals surface area contributed by atoms with Crippen LogP contribution in [0.15, 0.2) is 48.8 Å². The van der Waals surface area contributed by atoms with Gasteiger partial charge in [-0.3, -0.25) is 4.79 Å². The molecule has 22 heavy (non-hydrogen) atoms. The van der Waals surface area contributed by atoms with E-state index in [2.05, 4.69) is 10.3 Å². The number of hydrogen-bond donors (Lipinski definition) is 2. The van der Waals surface area contributed by atoms with Gasteiger partial charge in [0.25, 0.3) is 0 Å². The predicted octanol–water partition coefficient (Wildman–Crippen LogP) is 2.04. The summed E-state index contributed by atoms with van der Waals surface area (Å²) in [4.78, 5) is 16.1. The highest BCUT2D eigenvalue weighted by atomic mass is 19.1. The van der Waals surface area contributed by atoms with Crippen molar-refractivity contribution in [1.82, 2.24) is 14.7 Å². The van der Waals surface area contributed by atoms with Crippen LogP contribution in [0.3, 0.4) is 0 Å². The molecule has 6 heteroatoms. The molecule has 0 saturated heterocycles. The Morgan fingerprint density at radius 1 is 1.27 bits per heavy atom. The molecule has 2 N–H and O–H groups in total. The number of amides is 1. The molecular weight excluding hydrogens is 285 g/mol. The van der Waals surface area contributed by atoms with Crippen molar-refractivity contribution in [3.63, 3.8) is 0 Å². The van der Waals surface area contributed by atoms with Crippen LogP contribution in [0.25, 0.3) is 5.65 Å². The van der Waals surface area contributed by atoms with Crippen molar-refractivity contribution in [2.24, 2.45) is 0 Å². The average molecular weight is 299 g/mol. The van der Waals surface area contributed by atoms with Gasteiger partial charge < -0.3 is 14.8 Å². The van der Waals surface area contributed by atoms with E-state index in [0.29, 0.717) is 11.3 Å². The summed E-state index contributed by atoms with van der Waals surface area (Å²) in [5, 5.41) is 12.4. The van der Waals surface area contributed by atoms with Gasteiger partial charge >= 0.3 is 0 Å². The molecule has 0 aliphatic heterocycles. The first-order chi connectivity index (χ1) is 10.6. The van der Waals surface area contributed by atoms with Crippen LogP contribution in [-0.2, 0) is 17.8 Å². The maximum absolute atomic E-state index is 12.8. The highest BCUT2D eigenvalue weighted by Crippen LogP contribution is 2.16. The number of pyridine rings is 1. The first kappa shape index (κ1) is 14.1. The highest BCUT2D eigenvalue weighted by Gasteiger charge is 2.07. The second kappa shape index (κ2) is 5.85. The van der Waals surface area contributed by atoms with Gasteiger partial charge in [-0.05, 0) is 29.8 Å². The molecule has 2 heterocycles. The standard InChI is InChI=1S/C16H14FN3O2/c17-12-5-3-11(4-6-12)8-15(22)18-9-13-10-20-7-1-2-14(21)16(20)19-13/h1-7,10,21H,8-9H2,(H,18,22). The van der Waals surface area contributed by atoms with E-state index in [9.17, 15) is 14.3 Å². The molecule has 0 radical (unpaired) electrons. The minimum atomic E-state index is -0.325. The molecule has 0 fully saturated rings. The van der Waals surface area contributed by atoms with E-state index in [1.165, 1.54) is 12.1 Å². The molecule has 3 aromatic rings. The molecule has 2 aromatic heterocycles. The summed E-state index contributed by atoms with van der Waals surface area (Å²) in [6.07, 6.45) is 3.69. The number of imidazole rings is 1. The van der Waals surface area contributed by atoms with Gasteiger partial charge in [0.2, 0.25) is 5.91 Å². The Morgan fingerprint density at radius 3 is 2.77 bits per heavy atom. The molecule has 1 aromatic carbocycles. The summed E-state index contributed by atoms with van der Waals surface area (Å²) in [6, 6.07) is 9.08. The van der Waals surface area contributed by atoms with Gasteiger partial charge in [0.1, 0.15) is 5.82 Å². The second-order valence-electron chi connectivity index (χ2n) is 4.94. The van der Waals surface area contributed by atoms with Gasteiger partial charge in [-0.2, -0.15) is 0 Å². The second-order valence-corrected chi connectivity index (χ2v) is 4.94. The fourth-order valence-corrected chi connectivity index (χ4v) is 2.17. The summed E-state index contributed by atoms with van der Waals surface area (Å²) >= 11 is 0. The van der Waals surface area contributed by atoms with E-state index < -0.39 is 0 Å². The fourth-order valence-electron chi connectivity index (χ4n) is 2.17. The number of carbonyl (C=O) groups is 1. The van der Waals surface area contributed by atoms with E-state index in [0.717, 1.165) is 5.56 Å². The maximum Gasteiger partial charge on any atom is 0.224 e. The summed E-state index contributed by atoms with van der Waals surface area (Å²) in [5.41, 5.74) is 1.84. The van der Waals surface area contributed by atoms with Gasteiger partial charge in [-0.15, -0.1) is 0 Å². The number of carbonyl (C=O) groups excluding carboxylic acids is 1. The Labute approximate surface area is 126 Å². The van der Waals surface area contributed by atoms with Crippen LogP contribution < -0.4 is 5.32 Å². The van der Waals surface area contributed by atoms with Crippen molar-refractivity contribution in [2.45, 2.75) is 13.0 Å². The maximum atomic E-state index is 12.8. The number of aromatic hydroxyl groups is 1. The van der Waals surface area contributed by atoms with E-state index >= 15 is 0 Å². The van der Waals surface area contributed by atoms with Crippen LogP contribution in [0.4, 0.5) is 4.39 Å². The summed E-state index contributed by atoms with van der Waals surface area (Å²) in [7, 11) is 0. The lowest BCUT2D eigenvalue weighted by atomic mass is 10.1. The van der Waals surface area contributed by atoms with E-state index in [-0.39, 0.29) is 30.4 Å². The van der Waals surface area contributed by atoms with Crippen molar-refractivity contribution >= 4 is 11.6 Å². The molecule has 0 spiro atoms. The topological polar surface area (TPSA) is 66.6 Å². The van der Waals surface area contributed by atoms with Crippen LogP contribution in [-0.4, -0.2) is 20.4 Å². The van der Waals surface area contributed by atoms with Crippen LogP contribution in [0.5, 0.6) is 5.75 Å². The van der Waals surface area contributed by atoms with E-state index in [4.69, 9.17) is 0 Å². The van der Waals surface area contributed by atoms with Crippen LogP contribution in [0.2, 0.25) is 0 Å². The zero-order chi connectivity index (χ0) is 15.5. The Balaban J connectivity index is 1.62. The molecule has 0 atom stereocenters. The Morgan fingerprint density at radius 2 is 2.05 bits per heavy atom. The number of aromatic nitrogens is 2.